The summed E-state index contributed by atoms with van der Waals surface area (Å²) in [5.74, 6) is 1.34. The number of aliphatic imine (C=N–C) groups is 2. The Balaban J connectivity index is 0.906. The first-order valence-corrected chi connectivity index (χ1v) is 24.8. The Labute approximate surface area is 406 Å². The second kappa shape index (κ2) is 19.4. The molecule has 4 aliphatic heterocycles. The Hall–Kier alpha value is -5.42. The van der Waals surface area contributed by atoms with Gasteiger partial charge in [-0.2, -0.15) is 0 Å². The third kappa shape index (κ3) is 11.1. The summed E-state index contributed by atoms with van der Waals surface area (Å²) in [5.41, 5.74) is 12.2. The maximum atomic E-state index is 14.2. The molecule has 2 aromatic rings. The third-order valence-electron chi connectivity index (χ3n) is 14.8. The van der Waals surface area contributed by atoms with Crippen LogP contribution in [0.3, 0.4) is 0 Å². The minimum atomic E-state index is -0.620. The summed E-state index contributed by atoms with van der Waals surface area (Å²) in [4.78, 5) is 67.5. The van der Waals surface area contributed by atoms with E-state index in [1.165, 1.54) is 0 Å². The highest BCUT2D eigenvalue weighted by Gasteiger charge is 2.54. The average Bonchev–Trinajstić information content (AvgIpc) is 4.19. The lowest BCUT2D eigenvalue weighted by atomic mass is 9.85. The van der Waals surface area contributed by atoms with E-state index in [-0.39, 0.29) is 96.2 Å². The first-order chi connectivity index (χ1) is 32.6. The fourth-order valence-corrected chi connectivity index (χ4v) is 11.4. The van der Waals surface area contributed by atoms with Crippen molar-refractivity contribution in [1.82, 2.24) is 20.4 Å². The van der Waals surface area contributed by atoms with E-state index in [4.69, 9.17) is 35.2 Å². The average molecular weight is 955 g/mol. The van der Waals surface area contributed by atoms with Crippen LogP contribution >= 0.6 is 0 Å². The molecule has 6 aliphatic rings. The maximum absolute atomic E-state index is 14.2. The molecule has 2 saturated carbocycles. The van der Waals surface area contributed by atoms with E-state index in [9.17, 15) is 19.2 Å². The van der Waals surface area contributed by atoms with Gasteiger partial charge >= 0.3 is 0 Å². The zero-order valence-electron chi connectivity index (χ0n) is 42.0. The van der Waals surface area contributed by atoms with Gasteiger partial charge in [0.05, 0.1) is 48.2 Å². The van der Waals surface area contributed by atoms with Gasteiger partial charge < -0.3 is 45.8 Å². The smallest absolute Gasteiger partial charge is 0.231 e. The van der Waals surface area contributed by atoms with Gasteiger partial charge in [-0.05, 0) is 117 Å². The Morgan fingerprint density at radius 3 is 1.81 bits per heavy atom. The lowest BCUT2D eigenvalue weighted by Gasteiger charge is -2.40. The summed E-state index contributed by atoms with van der Waals surface area (Å²) in [5, 5.41) is 6.73. The number of methoxy groups -OCH3 is 2. The van der Waals surface area contributed by atoms with Crippen LogP contribution < -0.4 is 36.3 Å². The summed E-state index contributed by atoms with van der Waals surface area (Å²) in [7, 11) is 3.25. The standard InChI is InChI=1S/C52H74N8O9/c1-49(2)28-42(61)59(47(53)57-49)37(18-22-65-8)31-24-33(31)45(63)55-35-27-52(7,69-39-15-11-10-14-30(35)39)20-13-21-67-40-16-12-17-41-44(40)36(26-51(5,6)68-41)56-46(64)34-25-32(34)38(19-23-66-9)60-43(62)29-50(3,4)58-48(60)54/h10-12,14-17,31-38H,13,18-29H2,1-9H3,(H2,53,57)(H2,54,58)(H,55,63)(H,56,64)/t31-,32-,33-,34-,35?,36+,37-,38-,52?/m1/s1. The highest BCUT2D eigenvalue weighted by atomic mass is 16.5. The van der Waals surface area contributed by atoms with Crippen LogP contribution in [0, 0.1) is 23.7 Å². The molecule has 0 saturated heterocycles. The van der Waals surface area contributed by atoms with Gasteiger partial charge in [0.15, 0.2) is 11.9 Å². The van der Waals surface area contributed by atoms with Gasteiger partial charge in [-0.3, -0.25) is 29.0 Å². The van der Waals surface area contributed by atoms with Gasteiger partial charge in [-0.25, -0.2) is 9.98 Å². The number of nitrogens with one attached hydrogen (secondary N) is 2. The molecule has 4 amide bonds. The lowest BCUT2D eigenvalue weighted by molar-refractivity contribution is -0.133. The van der Waals surface area contributed by atoms with Crippen LogP contribution in [-0.2, 0) is 28.7 Å². The Morgan fingerprint density at radius 2 is 1.26 bits per heavy atom. The zero-order valence-corrected chi connectivity index (χ0v) is 42.0. The number of nitrogens with zero attached hydrogens (tertiary/aromatic N) is 4. The maximum Gasteiger partial charge on any atom is 0.231 e. The summed E-state index contributed by atoms with van der Waals surface area (Å²) < 4.78 is 30.6. The number of benzene rings is 2. The van der Waals surface area contributed by atoms with E-state index in [0.717, 1.165) is 16.9 Å². The normalized spacial score (nSPS) is 29.2. The topological polar surface area (TPSA) is 222 Å². The third-order valence-corrected chi connectivity index (χ3v) is 14.8. The van der Waals surface area contributed by atoms with Gasteiger partial charge in [0.2, 0.25) is 23.6 Å². The number of rotatable bonds is 19. The number of guanidine groups is 2. The van der Waals surface area contributed by atoms with Crippen LogP contribution in [0.5, 0.6) is 17.2 Å². The van der Waals surface area contributed by atoms with Crippen molar-refractivity contribution in [2.24, 2.45) is 45.1 Å². The molecule has 2 aliphatic carbocycles. The summed E-state index contributed by atoms with van der Waals surface area (Å²) in [6, 6.07) is 12.3. The van der Waals surface area contributed by atoms with Crippen molar-refractivity contribution in [3.05, 3.63) is 53.6 Å². The molecule has 2 aromatic carbocycles. The molecule has 17 heteroatoms. The van der Waals surface area contributed by atoms with Crippen LogP contribution in [0.2, 0.25) is 0 Å². The number of hydrogen-bond acceptors (Lipinski definition) is 13. The van der Waals surface area contributed by atoms with E-state index < -0.39 is 22.3 Å². The molecule has 9 atom stereocenters. The first kappa shape index (κ1) is 50.0. The highest BCUT2D eigenvalue weighted by molar-refractivity contribution is 6.00. The molecule has 0 bridgehead atoms. The molecular weight excluding hydrogens is 881 g/mol. The number of hydrogen-bond donors (Lipinski definition) is 4. The van der Waals surface area contributed by atoms with Crippen molar-refractivity contribution >= 4 is 35.5 Å². The minimum absolute atomic E-state index is 0.0560. The van der Waals surface area contributed by atoms with Crippen molar-refractivity contribution in [3.63, 3.8) is 0 Å². The molecule has 17 nitrogen and oxygen atoms in total. The number of carbonyl (C=O) groups excluding carboxylic acids is 4. The molecule has 0 aromatic heterocycles. The van der Waals surface area contributed by atoms with Crippen molar-refractivity contribution < 1.29 is 42.9 Å². The Morgan fingerprint density at radius 1 is 0.725 bits per heavy atom. The first-order valence-electron chi connectivity index (χ1n) is 24.8. The predicted molar refractivity (Wildman–Crippen MR) is 260 cm³/mol. The second-order valence-corrected chi connectivity index (χ2v) is 22.3. The Bertz CT molecular complexity index is 2350. The summed E-state index contributed by atoms with van der Waals surface area (Å²) >= 11 is 0. The van der Waals surface area contributed by atoms with Crippen molar-refractivity contribution in [1.29, 1.82) is 0 Å². The van der Waals surface area contributed by atoms with Gasteiger partial charge in [-0.15, -0.1) is 0 Å². The quantitative estimate of drug-likeness (QED) is 0.125. The van der Waals surface area contributed by atoms with E-state index in [1.54, 1.807) is 24.0 Å². The van der Waals surface area contributed by atoms with E-state index in [1.807, 2.05) is 84.0 Å². The minimum Gasteiger partial charge on any atom is -0.493 e. The fourth-order valence-electron chi connectivity index (χ4n) is 11.4. The van der Waals surface area contributed by atoms with Crippen LogP contribution in [0.4, 0.5) is 0 Å². The lowest BCUT2D eigenvalue weighted by Crippen LogP contribution is -2.55. The SMILES string of the molecule is COCC[C@H]([C@@H]1C[C@H]1C(=O)NC1CC(C)(CCCOc2cccc3c2[C@@H](NC(=O)[C@@H]2C[C@H]2[C@@H](CCOC)N2C(=O)CC(C)(C)N=C2N)CC(C)(C)O3)Oc2ccccc21)N1C(=O)CC(C)(C)N=C1N. The van der Waals surface area contributed by atoms with Gasteiger partial charge in [0.25, 0.3) is 0 Å². The number of fused-ring (bicyclic) bond motifs is 2. The van der Waals surface area contributed by atoms with Gasteiger partial charge in [0, 0.05) is 69.8 Å². The molecule has 6 N–H and O–H groups in total. The number of ether oxygens (including phenoxy) is 5. The van der Waals surface area contributed by atoms with Gasteiger partial charge in [-0.1, -0.05) is 24.3 Å². The number of nitrogens with two attached hydrogens (primary N) is 2. The monoisotopic (exact) mass is 955 g/mol. The number of amides is 4. The predicted octanol–water partition coefficient (Wildman–Crippen LogP) is 5.70. The molecular formula is C52H74N8O9. The van der Waals surface area contributed by atoms with Gasteiger partial charge in [0.1, 0.15) is 28.5 Å². The molecule has 8 rings (SSSR count). The molecule has 0 spiro atoms. The zero-order chi connectivity index (χ0) is 49.6. The Kier molecular flexibility index (Phi) is 14.1. The van der Waals surface area contributed by atoms with E-state index >= 15 is 0 Å². The number of carbonyl (C=O) groups is 4. The molecule has 2 unspecified atom stereocenters. The van der Waals surface area contributed by atoms with Crippen molar-refractivity contribution in [2.75, 3.05) is 34.0 Å². The second-order valence-electron chi connectivity index (χ2n) is 22.3. The molecule has 4 heterocycles. The van der Waals surface area contributed by atoms with E-state index in [2.05, 4.69) is 27.5 Å². The largest absolute Gasteiger partial charge is 0.493 e. The summed E-state index contributed by atoms with van der Waals surface area (Å²) in [6.45, 7) is 14.9. The van der Waals surface area contributed by atoms with Crippen LogP contribution in [0.1, 0.15) is 136 Å². The molecule has 376 valence electrons. The number of para-hydroxylation sites is 1. The summed E-state index contributed by atoms with van der Waals surface area (Å²) in [6.07, 6.45) is 5.20. The molecule has 69 heavy (non-hydrogen) atoms. The highest BCUT2D eigenvalue weighted by Crippen LogP contribution is 2.50. The van der Waals surface area contributed by atoms with Crippen molar-refractivity contribution in [3.8, 4) is 17.2 Å². The fraction of sp³-hybridized carbons (Fsp3) is 0.654. The van der Waals surface area contributed by atoms with Crippen molar-refractivity contribution in [2.45, 2.75) is 159 Å². The molecule has 0 radical (unpaired) electrons. The van der Waals surface area contributed by atoms with Crippen LogP contribution in [0.25, 0.3) is 0 Å². The molecule has 2 fully saturated rings. The van der Waals surface area contributed by atoms with Crippen LogP contribution in [0.15, 0.2) is 52.4 Å². The van der Waals surface area contributed by atoms with Crippen LogP contribution in [-0.4, -0.2) is 114 Å². The van der Waals surface area contributed by atoms with E-state index in [0.29, 0.717) is 82.7 Å².